The number of halogens is 2. The molecule has 1 aromatic heterocycles. The number of alkyl halides is 2. The Kier molecular flexibility index (Phi) is 5.25. The number of aromatic nitrogens is 1. The minimum absolute atomic E-state index is 0.189. The lowest BCUT2D eigenvalue weighted by Gasteiger charge is -2.19. The van der Waals surface area contributed by atoms with Gasteiger partial charge in [0.15, 0.2) is 0 Å². The maximum atomic E-state index is 13.5. The van der Waals surface area contributed by atoms with E-state index in [1.807, 2.05) is 0 Å². The molecule has 7 nitrogen and oxygen atoms in total. The highest BCUT2D eigenvalue weighted by Gasteiger charge is 2.35. The number of sulfonamides is 1. The fourth-order valence-electron chi connectivity index (χ4n) is 2.64. The van der Waals surface area contributed by atoms with Crippen LogP contribution in [0, 0.1) is 16.0 Å². The van der Waals surface area contributed by atoms with E-state index in [1.54, 1.807) is 0 Å². The monoisotopic (exact) mass is 349 g/mol. The van der Waals surface area contributed by atoms with E-state index in [-0.39, 0.29) is 19.4 Å². The van der Waals surface area contributed by atoms with Gasteiger partial charge in [-0.1, -0.05) is 6.42 Å². The molecule has 0 amide bonds. The first-order valence-corrected chi connectivity index (χ1v) is 8.66. The zero-order chi connectivity index (χ0) is 17.1. The van der Waals surface area contributed by atoms with Gasteiger partial charge in [-0.05, 0) is 24.8 Å². The molecule has 0 aliphatic heterocycles. The SMILES string of the molecule is O=[N+]([O-])c1cccnc1S(=O)(=O)NCC1CCCCC(F)(F)C1. The first-order chi connectivity index (χ1) is 10.7. The average molecular weight is 349 g/mol. The molecular weight excluding hydrogens is 332 g/mol. The molecule has 1 unspecified atom stereocenters. The van der Waals surface area contributed by atoms with Crippen LogP contribution in [0.5, 0.6) is 0 Å². The van der Waals surface area contributed by atoms with Gasteiger partial charge >= 0.3 is 5.69 Å². The lowest BCUT2D eigenvalue weighted by Crippen LogP contribution is -2.32. The van der Waals surface area contributed by atoms with Crippen LogP contribution in [0.2, 0.25) is 0 Å². The molecule has 1 heterocycles. The molecule has 0 aromatic carbocycles. The quantitative estimate of drug-likeness (QED) is 0.500. The van der Waals surface area contributed by atoms with E-state index in [2.05, 4.69) is 9.71 Å². The van der Waals surface area contributed by atoms with Crippen molar-refractivity contribution in [3.05, 3.63) is 28.4 Å². The molecule has 1 aliphatic rings. The second-order valence-electron chi connectivity index (χ2n) is 5.61. The van der Waals surface area contributed by atoms with Crippen molar-refractivity contribution in [3.8, 4) is 0 Å². The van der Waals surface area contributed by atoms with E-state index in [4.69, 9.17) is 0 Å². The van der Waals surface area contributed by atoms with Gasteiger partial charge in [-0.15, -0.1) is 0 Å². The molecule has 0 bridgehead atoms. The Bertz CT molecular complexity index is 682. The predicted molar refractivity (Wildman–Crippen MR) is 77.6 cm³/mol. The molecule has 1 saturated carbocycles. The zero-order valence-corrected chi connectivity index (χ0v) is 13.1. The number of nitrogens with one attached hydrogen (secondary N) is 1. The Morgan fingerprint density at radius 1 is 1.43 bits per heavy atom. The number of hydrogen-bond donors (Lipinski definition) is 1. The molecule has 1 aliphatic carbocycles. The van der Waals surface area contributed by atoms with Gasteiger partial charge < -0.3 is 0 Å². The fraction of sp³-hybridized carbons (Fsp3) is 0.615. The number of pyridine rings is 1. The zero-order valence-electron chi connectivity index (χ0n) is 12.2. The van der Waals surface area contributed by atoms with E-state index in [0.29, 0.717) is 19.3 Å². The van der Waals surface area contributed by atoms with Gasteiger partial charge in [0.05, 0.1) is 4.92 Å². The molecule has 1 atom stereocenters. The van der Waals surface area contributed by atoms with Crippen molar-refractivity contribution in [3.63, 3.8) is 0 Å². The number of nitrogens with zero attached hydrogens (tertiary/aromatic N) is 2. The standard InChI is InChI=1S/C13H17F2N3O4S/c14-13(15)6-2-1-4-10(8-13)9-17-23(21,22)12-11(18(19)20)5-3-7-16-12/h3,5,7,10,17H,1-2,4,6,8-9H2. The minimum atomic E-state index is -4.23. The molecule has 1 aromatic rings. The summed E-state index contributed by atoms with van der Waals surface area (Å²) in [5.41, 5.74) is -0.647. The largest absolute Gasteiger partial charge is 0.308 e. The average Bonchev–Trinajstić information content (AvgIpc) is 2.65. The van der Waals surface area contributed by atoms with Crippen LogP contribution in [0.4, 0.5) is 14.5 Å². The molecule has 2 rings (SSSR count). The van der Waals surface area contributed by atoms with Crippen molar-refractivity contribution >= 4 is 15.7 Å². The maximum Gasteiger partial charge on any atom is 0.308 e. The van der Waals surface area contributed by atoms with Crippen LogP contribution in [-0.4, -0.2) is 30.8 Å². The van der Waals surface area contributed by atoms with E-state index in [1.165, 1.54) is 6.07 Å². The molecule has 10 heteroatoms. The highest BCUT2D eigenvalue weighted by atomic mass is 32.2. The lowest BCUT2D eigenvalue weighted by molar-refractivity contribution is -0.388. The number of nitro groups is 1. The third kappa shape index (κ3) is 4.64. The summed E-state index contributed by atoms with van der Waals surface area (Å²) in [4.78, 5) is 13.6. The lowest BCUT2D eigenvalue weighted by atomic mass is 9.99. The van der Waals surface area contributed by atoms with Crippen molar-refractivity contribution in [2.24, 2.45) is 5.92 Å². The topological polar surface area (TPSA) is 102 Å². The fourth-order valence-corrected chi connectivity index (χ4v) is 3.85. The summed E-state index contributed by atoms with van der Waals surface area (Å²) < 4.78 is 53.6. The summed E-state index contributed by atoms with van der Waals surface area (Å²) in [5.74, 6) is -3.31. The summed E-state index contributed by atoms with van der Waals surface area (Å²) >= 11 is 0. The van der Waals surface area contributed by atoms with Gasteiger partial charge in [-0.25, -0.2) is 26.9 Å². The van der Waals surface area contributed by atoms with Crippen LogP contribution >= 0.6 is 0 Å². The van der Waals surface area contributed by atoms with Crippen LogP contribution in [0.25, 0.3) is 0 Å². The second-order valence-corrected chi connectivity index (χ2v) is 7.29. The van der Waals surface area contributed by atoms with E-state index < -0.39 is 37.5 Å². The smallest absolute Gasteiger partial charge is 0.258 e. The van der Waals surface area contributed by atoms with Gasteiger partial charge in [0.2, 0.25) is 10.9 Å². The first kappa shape index (κ1) is 17.7. The van der Waals surface area contributed by atoms with E-state index in [0.717, 1.165) is 12.3 Å². The van der Waals surface area contributed by atoms with Gasteiger partial charge in [-0.2, -0.15) is 0 Å². The van der Waals surface area contributed by atoms with Gasteiger partial charge in [-0.3, -0.25) is 10.1 Å². The summed E-state index contributed by atoms with van der Waals surface area (Å²) in [7, 11) is -4.23. The Hall–Kier alpha value is -1.68. The van der Waals surface area contributed by atoms with Gasteiger partial charge in [0, 0.05) is 31.6 Å². The van der Waals surface area contributed by atoms with Crippen molar-refractivity contribution in [1.29, 1.82) is 0 Å². The second kappa shape index (κ2) is 6.83. The third-order valence-electron chi connectivity index (χ3n) is 3.76. The van der Waals surface area contributed by atoms with Gasteiger partial charge in [0.1, 0.15) is 0 Å². The molecule has 23 heavy (non-hydrogen) atoms. The Balaban J connectivity index is 2.12. The van der Waals surface area contributed by atoms with Gasteiger partial charge in [0.25, 0.3) is 10.0 Å². The summed E-state index contributed by atoms with van der Waals surface area (Å²) in [6.45, 7) is -0.189. The molecular formula is C13H17F2N3O4S. The summed E-state index contributed by atoms with van der Waals surface area (Å²) in [6.07, 6.45) is 2.04. The maximum absolute atomic E-state index is 13.5. The first-order valence-electron chi connectivity index (χ1n) is 7.18. The van der Waals surface area contributed by atoms with Crippen molar-refractivity contribution in [2.75, 3.05) is 6.54 Å². The van der Waals surface area contributed by atoms with Crippen molar-refractivity contribution < 1.29 is 22.1 Å². The Labute approximate surface area is 132 Å². The Morgan fingerprint density at radius 3 is 2.87 bits per heavy atom. The van der Waals surface area contributed by atoms with E-state index in [9.17, 15) is 27.3 Å². The highest BCUT2D eigenvalue weighted by Crippen LogP contribution is 2.35. The van der Waals surface area contributed by atoms with Crippen molar-refractivity contribution in [1.82, 2.24) is 9.71 Å². The van der Waals surface area contributed by atoms with Crippen molar-refractivity contribution in [2.45, 2.75) is 43.1 Å². The molecule has 0 spiro atoms. The minimum Gasteiger partial charge on any atom is -0.258 e. The Morgan fingerprint density at radius 2 is 2.17 bits per heavy atom. The van der Waals surface area contributed by atoms with Crippen LogP contribution < -0.4 is 4.72 Å². The van der Waals surface area contributed by atoms with Crippen LogP contribution in [-0.2, 0) is 10.0 Å². The molecule has 128 valence electrons. The molecule has 1 N–H and O–H groups in total. The normalized spacial score (nSPS) is 21.6. The van der Waals surface area contributed by atoms with Crippen LogP contribution in [0.1, 0.15) is 32.1 Å². The molecule has 0 radical (unpaired) electrons. The number of rotatable bonds is 5. The highest BCUT2D eigenvalue weighted by molar-refractivity contribution is 7.89. The third-order valence-corrected chi connectivity index (χ3v) is 5.13. The molecule has 1 fully saturated rings. The van der Waals surface area contributed by atoms with Crippen LogP contribution in [0.3, 0.4) is 0 Å². The molecule has 0 saturated heterocycles. The summed E-state index contributed by atoms with van der Waals surface area (Å²) in [5, 5.41) is 10.2. The van der Waals surface area contributed by atoms with E-state index >= 15 is 0 Å². The van der Waals surface area contributed by atoms with Crippen LogP contribution in [0.15, 0.2) is 23.4 Å². The summed E-state index contributed by atoms with van der Waals surface area (Å²) in [6, 6.07) is 2.28. The number of hydrogen-bond acceptors (Lipinski definition) is 5. The predicted octanol–water partition coefficient (Wildman–Crippen LogP) is 2.48.